The van der Waals surface area contributed by atoms with Crippen LogP contribution in [0.1, 0.15) is 0 Å². The molecule has 0 unspecified atom stereocenters. The first-order valence-electron chi connectivity index (χ1n) is 9.19. The maximum absolute atomic E-state index is 11.5. The van der Waals surface area contributed by atoms with Crippen LogP contribution in [0, 0.1) is 0 Å². The second-order valence-corrected chi connectivity index (χ2v) is 6.65. The largest absolute Gasteiger partial charge is 0.508 e. The molecule has 0 bridgehead atoms. The molecule has 7 nitrogen and oxygen atoms in total. The molecule has 1 heterocycles. The van der Waals surface area contributed by atoms with Gasteiger partial charge in [0.15, 0.2) is 12.4 Å². The monoisotopic (exact) mass is 401 g/mol. The van der Waals surface area contributed by atoms with Crippen LogP contribution in [0.2, 0.25) is 0 Å². The van der Waals surface area contributed by atoms with Gasteiger partial charge in [-0.25, -0.2) is 9.78 Å². The smallest absolute Gasteiger partial charge is 0.343 e. The number of nitrogen functional groups attached to an aromatic ring is 1. The van der Waals surface area contributed by atoms with E-state index in [2.05, 4.69) is 14.7 Å². The Kier molecular flexibility index (Phi) is 5.17. The van der Waals surface area contributed by atoms with Gasteiger partial charge in [-0.15, -0.1) is 0 Å². The van der Waals surface area contributed by atoms with Crippen LogP contribution < -0.4 is 10.5 Å². The molecular formula is C23H19N3O4. The summed E-state index contributed by atoms with van der Waals surface area (Å²) in [5, 5.41) is 11.5. The lowest BCUT2D eigenvalue weighted by Gasteiger charge is -2.10. The van der Waals surface area contributed by atoms with Crippen molar-refractivity contribution < 1.29 is 19.4 Å². The molecule has 0 saturated heterocycles. The molecule has 0 aliphatic heterocycles. The molecule has 0 saturated carbocycles. The molecule has 3 N–H and O–H groups in total. The molecule has 3 aromatic carbocycles. The van der Waals surface area contributed by atoms with Crippen molar-refractivity contribution in [3.05, 3.63) is 66.7 Å². The minimum absolute atomic E-state index is 0.204. The van der Waals surface area contributed by atoms with Crippen LogP contribution in [0.3, 0.4) is 0 Å². The lowest BCUT2D eigenvalue weighted by molar-refractivity contribution is -0.143. The van der Waals surface area contributed by atoms with E-state index in [1.807, 2.05) is 36.4 Å². The van der Waals surface area contributed by atoms with Crippen molar-refractivity contribution in [2.45, 2.75) is 0 Å². The molecule has 4 aromatic rings. The van der Waals surface area contributed by atoms with Crippen molar-refractivity contribution in [1.29, 1.82) is 0 Å². The third-order valence-corrected chi connectivity index (χ3v) is 4.56. The number of carbonyl (C=O) groups is 1. The predicted molar refractivity (Wildman–Crippen MR) is 114 cm³/mol. The Morgan fingerprint density at radius 3 is 2.40 bits per heavy atom. The van der Waals surface area contributed by atoms with E-state index in [0.29, 0.717) is 17.2 Å². The number of methoxy groups -OCH3 is 1. The number of ether oxygens (including phenoxy) is 2. The van der Waals surface area contributed by atoms with Crippen molar-refractivity contribution in [2.75, 3.05) is 19.5 Å². The first-order valence-corrected chi connectivity index (χ1v) is 9.19. The molecule has 7 heteroatoms. The molecule has 30 heavy (non-hydrogen) atoms. The van der Waals surface area contributed by atoms with Crippen LogP contribution in [-0.4, -0.2) is 34.8 Å². The summed E-state index contributed by atoms with van der Waals surface area (Å²) in [5.41, 5.74) is 8.67. The number of fused-ring (bicyclic) bond motifs is 1. The zero-order valence-corrected chi connectivity index (χ0v) is 16.2. The highest BCUT2D eigenvalue weighted by atomic mass is 16.6. The molecule has 0 radical (unpaired) electrons. The van der Waals surface area contributed by atoms with Crippen molar-refractivity contribution in [3.8, 4) is 34.3 Å². The summed E-state index contributed by atoms with van der Waals surface area (Å²) in [5.74, 6) is 0.396. The average Bonchev–Trinajstić information content (AvgIpc) is 2.77. The van der Waals surface area contributed by atoms with Gasteiger partial charge in [0.05, 0.1) is 12.8 Å². The molecular weight excluding hydrogens is 382 g/mol. The fourth-order valence-corrected chi connectivity index (χ4v) is 2.99. The van der Waals surface area contributed by atoms with Crippen LogP contribution >= 0.6 is 0 Å². The van der Waals surface area contributed by atoms with Gasteiger partial charge >= 0.3 is 5.97 Å². The molecule has 0 atom stereocenters. The summed E-state index contributed by atoms with van der Waals surface area (Å²) in [6, 6.07) is 19.8. The number of hydrogen-bond donors (Lipinski definition) is 2. The van der Waals surface area contributed by atoms with E-state index in [1.54, 1.807) is 30.3 Å². The number of benzene rings is 3. The number of aromatic nitrogens is 2. The van der Waals surface area contributed by atoms with Crippen LogP contribution in [0.5, 0.6) is 11.6 Å². The lowest BCUT2D eigenvalue weighted by atomic mass is 10.1. The number of anilines is 1. The van der Waals surface area contributed by atoms with Crippen LogP contribution in [0.4, 0.5) is 5.69 Å². The van der Waals surface area contributed by atoms with Crippen LogP contribution in [-0.2, 0) is 9.53 Å². The molecule has 0 aliphatic carbocycles. The summed E-state index contributed by atoms with van der Waals surface area (Å²) < 4.78 is 10.2. The minimum atomic E-state index is -0.505. The van der Waals surface area contributed by atoms with Crippen molar-refractivity contribution >= 4 is 22.4 Å². The second kappa shape index (κ2) is 8.08. The summed E-state index contributed by atoms with van der Waals surface area (Å²) >= 11 is 0. The number of phenols is 1. The van der Waals surface area contributed by atoms with E-state index in [1.165, 1.54) is 7.11 Å². The van der Waals surface area contributed by atoms with Crippen LogP contribution in [0.15, 0.2) is 66.7 Å². The maximum Gasteiger partial charge on any atom is 0.343 e. The molecule has 0 fully saturated rings. The van der Waals surface area contributed by atoms with E-state index in [9.17, 15) is 9.90 Å². The Morgan fingerprint density at radius 1 is 0.933 bits per heavy atom. The predicted octanol–water partition coefficient (Wildman–Crippen LogP) is 3.80. The Hall–Kier alpha value is -4.13. The van der Waals surface area contributed by atoms with Crippen molar-refractivity contribution in [2.24, 2.45) is 0 Å². The third kappa shape index (κ3) is 4.15. The standard InChI is InChI=1S/C23H19N3O4/c1-29-22(28)13-30-21-12-20(14-4-7-18(24)8-5-14)25-23(26-21)17-3-2-16-11-19(27)9-6-15(16)10-17/h2-12,27H,13,24H2,1H3. The number of hydrogen-bond acceptors (Lipinski definition) is 7. The van der Waals surface area contributed by atoms with Gasteiger partial charge in [0, 0.05) is 22.9 Å². The summed E-state index contributed by atoms with van der Waals surface area (Å²) in [4.78, 5) is 20.6. The molecule has 150 valence electrons. The van der Waals surface area contributed by atoms with Crippen molar-refractivity contribution in [1.82, 2.24) is 9.97 Å². The number of esters is 1. The number of phenolic OH excluding ortho intramolecular Hbond substituents is 1. The maximum atomic E-state index is 11.5. The first kappa shape index (κ1) is 19.2. The lowest BCUT2D eigenvalue weighted by Crippen LogP contribution is -2.13. The molecule has 0 aliphatic rings. The van der Waals surface area contributed by atoms with E-state index >= 15 is 0 Å². The molecule has 0 amide bonds. The highest BCUT2D eigenvalue weighted by Crippen LogP contribution is 2.29. The molecule has 1 aromatic heterocycles. The molecule has 4 rings (SSSR count). The van der Waals surface area contributed by atoms with Gasteiger partial charge in [-0.2, -0.15) is 4.98 Å². The highest BCUT2D eigenvalue weighted by Gasteiger charge is 2.12. The average molecular weight is 401 g/mol. The normalized spacial score (nSPS) is 10.7. The Morgan fingerprint density at radius 2 is 1.63 bits per heavy atom. The Labute approximate surface area is 172 Å². The summed E-state index contributed by atoms with van der Waals surface area (Å²) in [6.07, 6.45) is 0. The zero-order valence-electron chi connectivity index (χ0n) is 16.2. The second-order valence-electron chi connectivity index (χ2n) is 6.65. The SMILES string of the molecule is COC(=O)COc1cc(-c2ccc(N)cc2)nc(-c2ccc3cc(O)ccc3c2)n1. The van der Waals surface area contributed by atoms with Gasteiger partial charge in [-0.3, -0.25) is 0 Å². The number of rotatable bonds is 5. The number of nitrogens with two attached hydrogens (primary N) is 1. The highest BCUT2D eigenvalue weighted by molar-refractivity contribution is 5.87. The summed E-state index contributed by atoms with van der Waals surface area (Å²) in [6.45, 7) is -0.259. The first-order chi connectivity index (χ1) is 14.5. The number of nitrogens with zero attached hydrogens (tertiary/aromatic N) is 2. The fraction of sp³-hybridized carbons (Fsp3) is 0.0870. The quantitative estimate of drug-likeness (QED) is 0.387. The van der Waals surface area contributed by atoms with Gasteiger partial charge in [-0.1, -0.05) is 30.3 Å². The minimum Gasteiger partial charge on any atom is -0.508 e. The zero-order chi connectivity index (χ0) is 21.1. The van der Waals surface area contributed by atoms with Crippen molar-refractivity contribution in [3.63, 3.8) is 0 Å². The number of aromatic hydroxyl groups is 1. The molecule has 0 spiro atoms. The third-order valence-electron chi connectivity index (χ3n) is 4.56. The topological polar surface area (TPSA) is 108 Å². The van der Waals surface area contributed by atoms with Gasteiger partial charge in [0.2, 0.25) is 5.88 Å². The van der Waals surface area contributed by atoms with E-state index in [4.69, 9.17) is 10.5 Å². The van der Waals surface area contributed by atoms with Gasteiger partial charge < -0.3 is 20.3 Å². The Bertz CT molecular complexity index is 1220. The van der Waals surface area contributed by atoms with E-state index in [0.717, 1.165) is 21.9 Å². The van der Waals surface area contributed by atoms with E-state index in [-0.39, 0.29) is 18.2 Å². The fourth-order valence-electron chi connectivity index (χ4n) is 2.99. The Balaban J connectivity index is 1.79. The van der Waals surface area contributed by atoms with E-state index < -0.39 is 5.97 Å². The van der Waals surface area contributed by atoms with Gasteiger partial charge in [0.25, 0.3) is 0 Å². The van der Waals surface area contributed by atoms with Crippen LogP contribution in [0.25, 0.3) is 33.4 Å². The number of carbonyl (C=O) groups excluding carboxylic acids is 1. The summed E-state index contributed by atoms with van der Waals surface area (Å²) in [7, 11) is 1.30. The van der Waals surface area contributed by atoms with Gasteiger partial charge in [-0.05, 0) is 41.1 Å². The van der Waals surface area contributed by atoms with Gasteiger partial charge in [0.1, 0.15) is 5.75 Å².